The molecule has 2 aromatic carbocycles. The standard InChI is InChI=1S/C15H15Cl2NOS/c1-2-20-14-6-4-3-5-10(14)9-18-11-7-12(16)15(19)13(17)8-11/h3-8,18-19H,2,9H2,1H3. The summed E-state index contributed by atoms with van der Waals surface area (Å²) in [5, 5.41) is 13.3. The summed E-state index contributed by atoms with van der Waals surface area (Å²) in [7, 11) is 0. The molecule has 0 unspecified atom stereocenters. The number of nitrogens with one attached hydrogen (secondary N) is 1. The largest absolute Gasteiger partial charge is 0.505 e. The maximum atomic E-state index is 9.54. The van der Waals surface area contributed by atoms with Crippen molar-refractivity contribution in [3.8, 4) is 5.75 Å². The molecule has 0 aliphatic heterocycles. The number of anilines is 1. The number of halogens is 2. The van der Waals surface area contributed by atoms with Gasteiger partial charge in [-0.25, -0.2) is 0 Å². The van der Waals surface area contributed by atoms with Gasteiger partial charge in [-0.15, -0.1) is 11.8 Å². The first-order valence-electron chi connectivity index (χ1n) is 6.24. The minimum atomic E-state index is -0.0826. The number of benzene rings is 2. The zero-order chi connectivity index (χ0) is 14.5. The fraction of sp³-hybridized carbons (Fsp3) is 0.200. The van der Waals surface area contributed by atoms with Crippen molar-refractivity contribution in [2.75, 3.05) is 11.1 Å². The second-order valence-electron chi connectivity index (χ2n) is 4.18. The van der Waals surface area contributed by atoms with Crippen LogP contribution in [-0.2, 0) is 6.54 Å². The number of aromatic hydroxyl groups is 1. The summed E-state index contributed by atoms with van der Waals surface area (Å²) in [6.45, 7) is 2.81. The van der Waals surface area contributed by atoms with Crippen molar-refractivity contribution in [1.82, 2.24) is 0 Å². The Morgan fingerprint density at radius 3 is 2.45 bits per heavy atom. The molecule has 0 aliphatic rings. The molecular weight excluding hydrogens is 313 g/mol. The Balaban J connectivity index is 2.13. The van der Waals surface area contributed by atoms with Crippen molar-refractivity contribution < 1.29 is 5.11 Å². The van der Waals surface area contributed by atoms with Crippen molar-refractivity contribution >= 4 is 40.7 Å². The Bertz CT molecular complexity index is 581. The van der Waals surface area contributed by atoms with Crippen LogP contribution in [-0.4, -0.2) is 10.9 Å². The molecule has 0 bridgehead atoms. The lowest BCUT2D eigenvalue weighted by Gasteiger charge is -2.12. The zero-order valence-electron chi connectivity index (χ0n) is 11.0. The van der Waals surface area contributed by atoms with Gasteiger partial charge in [-0.3, -0.25) is 0 Å². The third-order valence-electron chi connectivity index (χ3n) is 2.77. The highest BCUT2D eigenvalue weighted by Gasteiger charge is 2.07. The second kappa shape index (κ2) is 7.11. The van der Waals surface area contributed by atoms with Crippen LogP contribution >= 0.6 is 35.0 Å². The van der Waals surface area contributed by atoms with E-state index in [1.165, 1.54) is 10.5 Å². The van der Waals surface area contributed by atoms with Crippen LogP contribution in [0, 0.1) is 0 Å². The first-order valence-corrected chi connectivity index (χ1v) is 7.98. The van der Waals surface area contributed by atoms with Crippen LogP contribution in [0.15, 0.2) is 41.3 Å². The third kappa shape index (κ3) is 3.75. The molecule has 0 saturated heterocycles. The molecule has 106 valence electrons. The van der Waals surface area contributed by atoms with E-state index in [0.29, 0.717) is 6.54 Å². The van der Waals surface area contributed by atoms with Gasteiger partial charge in [0.1, 0.15) is 0 Å². The Kier molecular flexibility index (Phi) is 5.46. The lowest BCUT2D eigenvalue weighted by atomic mass is 10.2. The Morgan fingerprint density at radius 2 is 1.80 bits per heavy atom. The average Bonchev–Trinajstić information content (AvgIpc) is 2.44. The summed E-state index contributed by atoms with van der Waals surface area (Å²) in [6.07, 6.45) is 0. The number of thioether (sulfide) groups is 1. The maximum absolute atomic E-state index is 9.54. The first kappa shape index (κ1) is 15.4. The highest BCUT2D eigenvalue weighted by atomic mass is 35.5. The number of rotatable bonds is 5. The van der Waals surface area contributed by atoms with Gasteiger partial charge >= 0.3 is 0 Å². The van der Waals surface area contributed by atoms with Gasteiger partial charge in [0, 0.05) is 17.1 Å². The molecule has 5 heteroatoms. The quantitative estimate of drug-likeness (QED) is 0.567. The van der Waals surface area contributed by atoms with Crippen molar-refractivity contribution in [1.29, 1.82) is 0 Å². The van der Waals surface area contributed by atoms with Crippen LogP contribution in [0.1, 0.15) is 12.5 Å². The lowest BCUT2D eigenvalue weighted by Crippen LogP contribution is -2.01. The van der Waals surface area contributed by atoms with Gasteiger partial charge < -0.3 is 10.4 Å². The van der Waals surface area contributed by atoms with Crippen LogP contribution in [0.4, 0.5) is 5.69 Å². The lowest BCUT2D eigenvalue weighted by molar-refractivity contribution is 0.476. The molecule has 0 aliphatic carbocycles. The Labute approximate surface area is 133 Å². The SMILES string of the molecule is CCSc1ccccc1CNc1cc(Cl)c(O)c(Cl)c1. The second-order valence-corrected chi connectivity index (χ2v) is 6.30. The molecule has 0 heterocycles. The molecule has 2 N–H and O–H groups in total. The fourth-order valence-corrected chi connectivity index (χ4v) is 3.11. The van der Waals surface area contributed by atoms with E-state index >= 15 is 0 Å². The highest BCUT2D eigenvalue weighted by molar-refractivity contribution is 7.99. The van der Waals surface area contributed by atoms with E-state index < -0.39 is 0 Å². The van der Waals surface area contributed by atoms with E-state index in [2.05, 4.69) is 24.4 Å². The molecule has 0 spiro atoms. The van der Waals surface area contributed by atoms with Gasteiger partial charge in [-0.1, -0.05) is 48.3 Å². The number of phenols is 1. The van der Waals surface area contributed by atoms with E-state index in [0.717, 1.165) is 11.4 Å². The summed E-state index contributed by atoms with van der Waals surface area (Å²) in [4.78, 5) is 1.26. The summed E-state index contributed by atoms with van der Waals surface area (Å²) >= 11 is 13.6. The van der Waals surface area contributed by atoms with Gasteiger partial charge in [-0.2, -0.15) is 0 Å². The van der Waals surface area contributed by atoms with Crippen LogP contribution in [0.5, 0.6) is 5.75 Å². The molecular formula is C15H15Cl2NOS. The third-order valence-corrected chi connectivity index (χ3v) is 4.35. The molecule has 2 nitrogen and oxygen atoms in total. The van der Waals surface area contributed by atoms with Crippen LogP contribution in [0.2, 0.25) is 10.0 Å². The number of hydrogen-bond donors (Lipinski definition) is 2. The predicted molar refractivity (Wildman–Crippen MR) is 88.3 cm³/mol. The van der Waals surface area contributed by atoms with E-state index in [4.69, 9.17) is 23.2 Å². The smallest absolute Gasteiger partial charge is 0.152 e. The van der Waals surface area contributed by atoms with Gasteiger partial charge in [0.15, 0.2) is 5.75 Å². The van der Waals surface area contributed by atoms with E-state index in [-0.39, 0.29) is 15.8 Å². The van der Waals surface area contributed by atoms with E-state index in [1.54, 1.807) is 12.1 Å². The molecule has 0 aromatic heterocycles. The highest BCUT2D eigenvalue weighted by Crippen LogP contribution is 2.35. The summed E-state index contributed by atoms with van der Waals surface area (Å²) in [5.41, 5.74) is 2.01. The Morgan fingerprint density at radius 1 is 1.15 bits per heavy atom. The monoisotopic (exact) mass is 327 g/mol. The maximum Gasteiger partial charge on any atom is 0.152 e. The van der Waals surface area contributed by atoms with Crippen LogP contribution in [0.3, 0.4) is 0 Å². The van der Waals surface area contributed by atoms with Gasteiger partial charge in [0.25, 0.3) is 0 Å². The van der Waals surface area contributed by atoms with Gasteiger partial charge in [-0.05, 0) is 29.5 Å². The average molecular weight is 328 g/mol. The van der Waals surface area contributed by atoms with Gasteiger partial charge in [0.2, 0.25) is 0 Å². The molecule has 2 rings (SSSR count). The molecule has 0 fully saturated rings. The number of phenolic OH excluding ortho intramolecular Hbond substituents is 1. The molecule has 0 saturated carbocycles. The van der Waals surface area contributed by atoms with Crippen LogP contribution in [0.25, 0.3) is 0 Å². The molecule has 0 atom stereocenters. The van der Waals surface area contributed by atoms with Crippen molar-refractivity contribution in [2.45, 2.75) is 18.4 Å². The van der Waals surface area contributed by atoms with E-state index in [1.807, 2.05) is 23.9 Å². The summed E-state index contributed by atoms with van der Waals surface area (Å²) < 4.78 is 0. The zero-order valence-corrected chi connectivity index (χ0v) is 13.3. The van der Waals surface area contributed by atoms with Crippen molar-refractivity contribution in [2.24, 2.45) is 0 Å². The van der Waals surface area contributed by atoms with E-state index in [9.17, 15) is 5.11 Å². The number of hydrogen-bond acceptors (Lipinski definition) is 3. The topological polar surface area (TPSA) is 32.3 Å². The van der Waals surface area contributed by atoms with Crippen molar-refractivity contribution in [3.63, 3.8) is 0 Å². The minimum Gasteiger partial charge on any atom is -0.505 e. The Hall–Kier alpha value is -1.03. The summed E-state index contributed by atoms with van der Waals surface area (Å²) in [5.74, 6) is 0.953. The normalized spacial score (nSPS) is 10.6. The van der Waals surface area contributed by atoms with Crippen molar-refractivity contribution in [3.05, 3.63) is 52.0 Å². The fourth-order valence-electron chi connectivity index (χ4n) is 1.81. The first-order chi connectivity index (χ1) is 9.61. The minimum absolute atomic E-state index is 0.0826. The predicted octanol–water partition coefficient (Wildman–Crippen LogP) is 5.42. The van der Waals surface area contributed by atoms with Gasteiger partial charge in [0.05, 0.1) is 10.0 Å². The molecule has 2 aromatic rings. The van der Waals surface area contributed by atoms with Crippen LogP contribution < -0.4 is 5.32 Å². The molecule has 0 amide bonds. The summed E-state index contributed by atoms with van der Waals surface area (Å²) in [6, 6.07) is 11.6. The molecule has 20 heavy (non-hydrogen) atoms. The molecule has 0 radical (unpaired) electrons.